The topological polar surface area (TPSA) is 38.3 Å². The Morgan fingerprint density at radius 2 is 1.76 bits per heavy atom. The van der Waals surface area contributed by atoms with Crippen LogP contribution in [-0.2, 0) is 11.2 Å². The van der Waals surface area contributed by atoms with Gasteiger partial charge in [0.05, 0.1) is 0 Å². The average Bonchev–Trinajstić information content (AvgIpc) is 2.52. The monoisotopic (exact) mass is 303 g/mol. The first-order valence-corrected chi connectivity index (χ1v) is 7.31. The molecule has 0 fully saturated rings. The number of aryl methyl sites for hydroxylation is 1. The van der Waals surface area contributed by atoms with Gasteiger partial charge in [-0.2, -0.15) is 0 Å². The van der Waals surface area contributed by atoms with Crippen LogP contribution in [0.1, 0.15) is 12.0 Å². The molecule has 0 aliphatic rings. The molecule has 21 heavy (non-hydrogen) atoms. The van der Waals surface area contributed by atoms with E-state index in [-0.39, 0.29) is 12.5 Å². The van der Waals surface area contributed by atoms with Crippen molar-refractivity contribution in [3.8, 4) is 5.75 Å². The lowest BCUT2D eigenvalue weighted by Crippen LogP contribution is -2.29. The van der Waals surface area contributed by atoms with Crippen molar-refractivity contribution in [2.45, 2.75) is 12.8 Å². The van der Waals surface area contributed by atoms with Gasteiger partial charge >= 0.3 is 0 Å². The molecule has 1 N–H and O–H groups in total. The van der Waals surface area contributed by atoms with Crippen LogP contribution < -0.4 is 10.1 Å². The van der Waals surface area contributed by atoms with E-state index in [2.05, 4.69) is 5.32 Å². The largest absolute Gasteiger partial charge is 0.484 e. The molecule has 2 rings (SSSR count). The van der Waals surface area contributed by atoms with Crippen molar-refractivity contribution in [3.63, 3.8) is 0 Å². The molecular formula is C17H18ClNO2. The number of halogens is 1. The number of benzene rings is 2. The number of carbonyl (C=O) groups excluding carboxylic acids is 1. The van der Waals surface area contributed by atoms with Crippen molar-refractivity contribution in [2.75, 3.05) is 13.2 Å². The Hall–Kier alpha value is -2.00. The zero-order valence-electron chi connectivity index (χ0n) is 11.7. The van der Waals surface area contributed by atoms with Crippen LogP contribution in [0, 0.1) is 0 Å². The van der Waals surface area contributed by atoms with Gasteiger partial charge in [-0.15, -0.1) is 0 Å². The number of hydrogen-bond donors (Lipinski definition) is 1. The standard InChI is InChI=1S/C17H18ClNO2/c18-15-10-8-14(9-11-15)5-4-12-19-17(20)13-21-16-6-2-1-3-7-16/h1-3,6-11H,4-5,12-13H2,(H,19,20). The maximum atomic E-state index is 11.6. The van der Waals surface area contributed by atoms with Crippen molar-refractivity contribution in [3.05, 3.63) is 65.2 Å². The highest BCUT2D eigenvalue weighted by atomic mass is 35.5. The second-order valence-corrected chi connectivity index (χ2v) is 5.12. The summed E-state index contributed by atoms with van der Waals surface area (Å²) in [4.78, 5) is 11.6. The molecule has 3 nitrogen and oxygen atoms in total. The molecule has 1 amide bonds. The van der Waals surface area contributed by atoms with Crippen LogP contribution in [0.2, 0.25) is 5.02 Å². The predicted octanol–water partition coefficient (Wildman–Crippen LogP) is 3.47. The minimum absolute atomic E-state index is 0.0466. The van der Waals surface area contributed by atoms with Crippen LogP contribution in [0.25, 0.3) is 0 Å². The lowest BCUT2D eigenvalue weighted by atomic mass is 10.1. The molecule has 2 aromatic rings. The van der Waals surface area contributed by atoms with E-state index in [0.29, 0.717) is 12.3 Å². The molecule has 0 saturated heterocycles. The Kier molecular flexibility index (Phi) is 6.10. The summed E-state index contributed by atoms with van der Waals surface area (Å²) in [6.45, 7) is 0.685. The Morgan fingerprint density at radius 1 is 1.05 bits per heavy atom. The van der Waals surface area contributed by atoms with E-state index in [9.17, 15) is 4.79 Å². The molecule has 0 unspecified atom stereocenters. The molecule has 0 aliphatic heterocycles. The van der Waals surface area contributed by atoms with Gasteiger partial charge in [-0.1, -0.05) is 41.9 Å². The molecule has 0 heterocycles. The number of amides is 1. The molecule has 0 radical (unpaired) electrons. The van der Waals surface area contributed by atoms with Gasteiger partial charge in [0.15, 0.2) is 6.61 Å². The van der Waals surface area contributed by atoms with Crippen LogP contribution in [0.15, 0.2) is 54.6 Å². The third-order valence-electron chi connectivity index (χ3n) is 2.99. The smallest absolute Gasteiger partial charge is 0.257 e. The quantitative estimate of drug-likeness (QED) is 0.795. The van der Waals surface area contributed by atoms with Gasteiger partial charge < -0.3 is 10.1 Å². The second-order valence-electron chi connectivity index (χ2n) is 4.68. The van der Waals surface area contributed by atoms with Crippen LogP contribution >= 0.6 is 11.6 Å². The van der Waals surface area contributed by atoms with Crippen LogP contribution in [-0.4, -0.2) is 19.1 Å². The highest BCUT2D eigenvalue weighted by Crippen LogP contribution is 2.10. The van der Waals surface area contributed by atoms with Gasteiger partial charge in [-0.3, -0.25) is 4.79 Å². The van der Waals surface area contributed by atoms with Crippen molar-refractivity contribution in [1.82, 2.24) is 5.32 Å². The molecular weight excluding hydrogens is 286 g/mol. The highest BCUT2D eigenvalue weighted by molar-refractivity contribution is 6.30. The number of nitrogens with one attached hydrogen (secondary N) is 1. The summed E-state index contributed by atoms with van der Waals surface area (Å²) in [6, 6.07) is 17.1. The first kappa shape index (κ1) is 15.4. The van der Waals surface area contributed by atoms with E-state index in [1.807, 2.05) is 54.6 Å². The highest BCUT2D eigenvalue weighted by Gasteiger charge is 2.02. The molecule has 0 atom stereocenters. The summed E-state index contributed by atoms with van der Waals surface area (Å²) in [6.07, 6.45) is 1.80. The van der Waals surface area contributed by atoms with Crippen LogP contribution in [0.3, 0.4) is 0 Å². The average molecular weight is 304 g/mol. The summed E-state index contributed by atoms with van der Waals surface area (Å²) < 4.78 is 5.37. The summed E-state index contributed by atoms with van der Waals surface area (Å²) in [5.74, 6) is 0.601. The predicted molar refractivity (Wildman–Crippen MR) is 84.7 cm³/mol. The van der Waals surface area contributed by atoms with E-state index < -0.39 is 0 Å². The second kappa shape index (κ2) is 8.32. The molecule has 4 heteroatoms. The fourth-order valence-electron chi connectivity index (χ4n) is 1.89. The molecule has 2 aromatic carbocycles. The van der Waals surface area contributed by atoms with Gasteiger partial charge in [0, 0.05) is 11.6 Å². The minimum atomic E-state index is -0.102. The molecule has 0 saturated carbocycles. The fourth-order valence-corrected chi connectivity index (χ4v) is 2.01. The number of ether oxygens (including phenoxy) is 1. The Labute approximate surface area is 129 Å². The maximum Gasteiger partial charge on any atom is 0.257 e. The third kappa shape index (κ3) is 5.88. The van der Waals surface area contributed by atoms with E-state index in [4.69, 9.17) is 16.3 Å². The van der Waals surface area contributed by atoms with E-state index in [0.717, 1.165) is 17.9 Å². The lowest BCUT2D eigenvalue weighted by molar-refractivity contribution is -0.123. The zero-order chi connectivity index (χ0) is 14.9. The lowest BCUT2D eigenvalue weighted by Gasteiger charge is -2.07. The number of para-hydroxylation sites is 1. The maximum absolute atomic E-state index is 11.6. The molecule has 0 spiro atoms. The van der Waals surface area contributed by atoms with E-state index in [1.54, 1.807) is 0 Å². The SMILES string of the molecule is O=C(COc1ccccc1)NCCCc1ccc(Cl)cc1. The summed E-state index contributed by atoms with van der Waals surface area (Å²) in [7, 11) is 0. The van der Waals surface area contributed by atoms with Gasteiger partial charge in [0.25, 0.3) is 5.91 Å². The summed E-state index contributed by atoms with van der Waals surface area (Å²) in [5, 5.41) is 3.59. The van der Waals surface area contributed by atoms with E-state index in [1.165, 1.54) is 5.56 Å². The van der Waals surface area contributed by atoms with Gasteiger partial charge in [0.2, 0.25) is 0 Å². The van der Waals surface area contributed by atoms with Gasteiger partial charge in [-0.05, 0) is 42.7 Å². The van der Waals surface area contributed by atoms with Gasteiger partial charge in [0.1, 0.15) is 5.75 Å². The molecule has 0 aliphatic carbocycles. The van der Waals surface area contributed by atoms with Crippen molar-refractivity contribution in [2.24, 2.45) is 0 Å². The fraction of sp³-hybridized carbons (Fsp3) is 0.235. The minimum Gasteiger partial charge on any atom is -0.484 e. The summed E-state index contributed by atoms with van der Waals surface area (Å²) >= 11 is 5.83. The van der Waals surface area contributed by atoms with Crippen LogP contribution in [0.5, 0.6) is 5.75 Å². The number of hydrogen-bond acceptors (Lipinski definition) is 2. The normalized spacial score (nSPS) is 10.1. The van der Waals surface area contributed by atoms with Crippen molar-refractivity contribution < 1.29 is 9.53 Å². The molecule has 110 valence electrons. The Morgan fingerprint density at radius 3 is 2.48 bits per heavy atom. The Bertz CT molecular complexity index is 555. The molecule has 0 bridgehead atoms. The first-order valence-electron chi connectivity index (χ1n) is 6.93. The first-order chi connectivity index (χ1) is 10.2. The zero-order valence-corrected chi connectivity index (χ0v) is 12.5. The van der Waals surface area contributed by atoms with E-state index >= 15 is 0 Å². The number of rotatable bonds is 7. The van der Waals surface area contributed by atoms with Gasteiger partial charge in [-0.25, -0.2) is 0 Å². The number of carbonyl (C=O) groups is 1. The van der Waals surface area contributed by atoms with Crippen LogP contribution in [0.4, 0.5) is 0 Å². The van der Waals surface area contributed by atoms with Crippen molar-refractivity contribution >= 4 is 17.5 Å². The third-order valence-corrected chi connectivity index (χ3v) is 3.24. The Balaban J connectivity index is 1.60. The van der Waals surface area contributed by atoms with Crippen molar-refractivity contribution in [1.29, 1.82) is 0 Å². The molecule has 0 aromatic heterocycles. The summed E-state index contributed by atoms with van der Waals surface area (Å²) in [5.41, 5.74) is 1.22.